The first-order valence-electron chi connectivity index (χ1n) is 13.0. The molecule has 0 saturated carbocycles. The zero-order valence-corrected chi connectivity index (χ0v) is 22.8. The van der Waals surface area contributed by atoms with Crippen LogP contribution in [0.4, 0.5) is 23.1 Å². The standard InChI is InChI=1S/C25H33N8O6P/c26-10-5-17-6-11-33(12-7-17)25-30-21(15-27)22(24(35)28-16-39-40(36,37)38)23(31-25)29-18-1-3-19(4-2-18)32-13-8-20(34)9-14-32/h1-4,15,17,20,27,34H,5-9,11-14,16H2,(H,28,35)(H,29,30,31)(H2,36,37,38). The average molecular weight is 573 g/mol. The zero-order chi connectivity index (χ0) is 28.7. The number of carbonyl (C=O) groups is 1. The molecule has 0 radical (unpaired) electrons. The highest BCUT2D eigenvalue weighted by Gasteiger charge is 2.26. The highest BCUT2D eigenvalue weighted by molar-refractivity contribution is 7.46. The van der Waals surface area contributed by atoms with E-state index in [4.69, 9.17) is 20.5 Å². The van der Waals surface area contributed by atoms with Gasteiger partial charge in [-0.25, -0.2) is 9.55 Å². The minimum Gasteiger partial charge on any atom is -0.393 e. The molecule has 2 aliphatic rings. The number of nitrogens with zero attached hydrogens (tertiary/aromatic N) is 5. The van der Waals surface area contributed by atoms with E-state index in [2.05, 4.69) is 36.1 Å². The summed E-state index contributed by atoms with van der Waals surface area (Å²) in [6.45, 7) is 1.97. The van der Waals surface area contributed by atoms with Gasteiger partial charge in [-0.3, -0.25) is 9.32 Å². The molecule has 2 aliphatic heterocycles. The molecule has 6 N–H and O–H groups in total. The molecule has 2 fully saturated rings. The second-order valence-corrected chi connectivity index (χ2v) is 11.0. The molecule has 3 heterocycles. The highest BCUT2D eigenvalue weighted by Crippen LogP contribution is 2.35. The number of nitriles is 1. The minimum absolute atomic E-state index is 0.0174. The quantitative estimate of drug-likeness (QED) is 0.137. The van der Waals surface area contributed by atoms with Crippen molar-refractivity contribution in [2.45, 2.75) is 38.2 Å². The van der Waals surface area contributed by atoms with Crippen molar-refractivity contribution >= 4 is 43.1 Å². The van der Waals surface area contributed by atoms with Gasteiger partial charge < -0.3 is 40.7 Å². The lowest BCUT2D eigenvalue weighted by atomic mass is 9.94. The van der Waals surface area contributed by atoms with Gasteiger partial charge >= 0.3 is 7.82 Å². The number of aliphatic hydroxyl groups excluding tert-OH is 1. The van der Waals surface area contributed by atoms with E-state index in [-0.39, 0.29) is 23.2 Å². The molecule has 1 aromatic carbocycles. The molecule has 1 aromatic heterocycles. The smallest absolute Gasteiger partial charge is 0.393 e. The van der Waals surface area contributed by atoms with Gasteiger partial charge in [0.15, 0.2) is 0 Å². The van der Waals surface area contributed by atoms with Crippen LogP contribution in [0.5, 0.6) is 0 Å². The second kappa shape index (κ2) is 13.2. The number of hydrogen-bond acceptors (Lipinski definition) is 11. The highest BCUT2D eigenvalue weighted by atomic mass is 31.2. The zero-order valence-electron chi connectivity index (χ0n) is 21.9. The van der Waals surface area contributed by atoms with Crippen LogP contribution in [0.2, 0.25) is 0 Å². The van der Waals surface area contributed by atoms with Gasteiger partial charge in [-0.1, -0.05) is 0 Å². The first kappa shape index (κ1) is 29.4. The summed E-state index contributed by atoms with van der Waals surface area (Å²) in [6, 6.07) is 9.72. The molecule has 0 atom stereocenters. The van der Waals surface area contributed by atoms with Crippen LogP contribution in [0, 0.1) is 22.7 Å². The fourth-order valence-electron chi connectivity index (χ4n) is 4.78. The first-order chi connectivity index (χ1) is 19.2. The molecule has 15 heteroatoms. The topological polar surface area (TPSA) is 208 Å². The van der Waals surface area contributed by atoms with Crippen molar-refractivity contribution in [3.8, 4) is 6.07 Å². The van der Waals surface area contributed by atoms with Crippen molar-refractivity contribution in [3.63, 3.8) is 0 Å². The number of aliphatic hydroxyl groups is 1. The number of phosphoric ester groups is 1. The lowest BCUT2D eigenvalue weighted by Crippen LogP contribution is -2.36. The third-order valence-electron chi connectivity index (χ3n) is 6.99. The van der Waals surface area contributed by atoms with Gasteiger partial charge in [-0.05, 0) is 55.9 Å². The summed E-state index contributed by atoms with van der Waals surface area (Å²) in [5.41, 5.74) is 1.55. The van der Waals surface area contributed by atoms with Crippen LogP contribution >= 0.6 is 7.82 Å². The molecule has 4 rings (SSSR count). The molecule has 14 nitrogen and oxygen atoms in total. The van der Waals surface area contributed by atoms with Crippen LogP contribution in [-0.2, 0) is 9.09 Å². The predicted molar refractivity (Wildman–Crippen MR) is 148 cm³/mol. The van der Waals surface area contributed by atoms with E-state index in [0.29, 0.717) is 49.9 Å². The fourth-order valence-corrected chi connectivity index (χ4v) is 5.01. The number of hydrogen-bond donors (Lipinski definition) is 6. The number of anilines is 4. The molecule has 2 aromatic rings. The Balaban J connectivity index is 1.60. The van der Waals surface area contributed by atoms with Gasteiger partial charge in [0.1, 0.15) is 23.8 Å². The average Bonchev–Trinajstić information content (AvgIpc) is 2.93. The van der Waals surface area contributed by atoms with Crippen LogP contribution in [0.15, 0.2) is 24.3 Å². The third-order valence-corrected chi connectivity index (χ3v) is 7.46. The fraction of sp³-hybridized carbons (Fsp3) is 0.480. The summed E-state index contributed by atoms with van der Waals surface area (Å²) >= 11 is 0. The van der Waals surface area contributed by atoms with Crippen molar-refractivity contribution < 1.29 is 28.8 Å². The molecule has 214 valence electrons. The lowest BCUT2D eigenvalue weighted by molar-refractivity contribution is 0.0903. The summed E-state index contributed by atoms with van der Waals surface area (Å²) in [5.74, 6) is -0.0490. The molecule has 1 amide bonds. The summed E-state index contributed by atoms with van der Waals surface area (Å²) in [6.07, 6.45) is 4.11. The molecular formula is C25H33N8O6P. The van der Waals surface area contributed by atoms with Gasteiger partial charge in [-0.15, -0.1) is 0 Å². The minimum atomic E-state index is -4.81. The number of carbonyl (C=O) groups excluding carboxylic acids is 1. The third kappa shape index (κ3) is 7.74. The predicted octanol–water partition coefficient (Wildman–Crippen LogP) is 2.11. The molecule has 0 spiro atoms. The Morgan fingerprint density at radius 2 is 1.77 bits per heavy atom. The monoisotopic (exact) mass is 572 g/mol. The number of piperidine rings is 2. The van der Waals surface area contributed by atoms with E-state index in [9.17, 15) is 14.5 Å². The van der Waals surface area contributed by atoms with Crippen LogP contribution in [-0.4, -0.2) is 76.0 Å². The Morgan fingerprint density at radius 3 is 2.38 bits per heavy atom. The molecule has 2 saturated heterocycles. The van der Waals surface area contributed by atoms with E-state index in [1.165, 1.54) is 0 Å². The van der Waals surface area contributed by atoms with E-state index < -0.39 is 20.5 Å². The number of amides is 1. The van der Waals surface area contributed by atoms with Crippen molar-refractivity contribution in [3.05, 3.63) is 35.5 Å². The van der Waals surface area contributed by atoms with Crippen molar-refractivity contribution in [2.75, 3.05) is 48.0 Å². The Kier molecular flexibility index (Phi) is 9.67. The maximum Gasteiger partial charge on any atom is 0.471 e. The van der Waals surface area contributed by atoms with E-state index in [1.807, 2.05) is 29.2 Å². The van der Waals surface area contributed by atoms with Gasteiger partial charge in [0.05, 0.1) is 12.2 Å². The van der Waals surface area contributed by atoms with E-state index >= 15 is 0 Å². The summed E-state index contributed by atoms with van der Waals surface area (Å²) in [7, 11) is -4.81. The Hall–Kier alpha value is -3.60. The van der Waals surface area contributed by atoms with Gasteiger partial charge in [0, 0.05) is 50.2 Å². The van der Waals surface area contributed by atoms with Gasteiger partial charge in [-0.2, -0.15) is 10.2 Å². The van der Waals surface area contributed by atoms with Gasteiger partial charge in [0.2, 0.25) is 5.95 Å². The Morgan fingerprint density at radius 1 is 1.12 bits per heavy atom. The Labute approximate surface area is 231 Å². The van der Waals surface area contributed by atoms with Crippen LogP contribution in [0.25, 0.3) is 0 Å². The summed E-state index contributed by atoms with van der Waals surface area (Å²) < 4.78 is 15.4. The van der Waals surface area contributed by atoms with Crippen molar-refractivity contribution in [2.24, 2.45) is 5.92 Å². The molecule has 40 heavy (non-hydrogen) atoms. The number of rotatable bonds is 10. The number of nitrogens with one attached hydrogen (secondary N) is 3. The largest absolute Gasteiger partial charge is 0.471 e. The summed E-state index contributed by atoms with van der Waals surface area (Å²) in [5, 5.41) is 32.1. The number of aromatic nitrogens is 2. The molecule has 0 aliphatic carbocycles. The molecule has 0 bridgehead atoms. The normalized spacial score (nSPS) is 16.9. The SMILES string of the molecule is N#CCC1CCN(c2nc(C=N)c(C(=O)NCOP(=O)(O)O)c(Nc3ccc(N4CCC(O)CC4)cc3)n2)CC1. The number of benzene rings is 1. The molecule has 0 unspecified atom stereocenters. The first-order valence-corrected chi connectivity index (χ1v) is 14.5. The maximum atomic E-state index is 13.1. The van der Waals surface area contributed by atoms with Crippen LogP contribution in [0.1, 0.15) is 48.2 Å². The van der Waals surface area contributed by atoms with Crippen LogP contribution in [0.3, 0.4) is 0 Å². The Bertz CT molecular complexity index is 1280. The second-order valence-electron chi connectivity index (χ2n) is 9.73. The van der Waals surface area contributed by atoms with Crippen molar-refractivity contribution in [1.29, 1.82) is 10.7 Å². The summed E-state index contributed by atoms with van der Waals surface area (Å²) in [4.78, 5) is 44.1. The van der Waals surface area contributed by atoms with E-state index in [1.54, 1.807) is 0 Å². The van der Waals surface area contributed by atoms with Crippen LogP contribution < -0.4 is 20.4 Å². The number of phosphoric acid groups is 1. The van der Waals surface area contributed by atoms with E-state index in [0.717, 1.165) is 37.8 Å². The molecular weight excluding hydrogens is 539 g/mol. The van der Waals surface area contributed by atoms with Crippen molar-refractivity contribution in [1.82, 2.24) is 15.3 Å². The lowest BCUT2D eigenvalue weighted by Gasteiger charge is -2.32. The maximum absolute atomic E-state index is 13.1. The van der Waals surface area contributed by atoms with Gasteiger partial charge in [0.25, 0.3) is 5.91 Å².